The van der Waals surface area contributed by atoms with Crippen molar-refractivity contribution in [3.63, 3.8) is 0 Å². The lowest BCUT2D eigenvalue weighted by atomic mass is 10.1. The van der Waals surface area contributed by atoms with Crippen LogP contribution in [-0.2, 0) is 6.61 Å². The van der Waals surface area contributed by atoms with E-state index in [1.807, 2.05) is 67.6 Å². The molecule has 5 nitrogen and oxygen atoms in total. The molecule has 0 amide bonds. The molecule has 2 aromatic carbocycles. The highest BCUT2D eigenvalue weighted by atomic mass is 16.5. The number of ketones is 1. The van der Waals surface area contributed by atoms with Gasteiger partial charge in [0.25, 0.3) is 0 Å². The number of rotatable bonds is 5. The van der Waals surface area contributed by atoms with Crippen molar-refractivity contribution in [2.24, 2.45) is 0 Å². The number of Topliss-reactive ketones (excluding diaryl/α,β-unsaturated/α-hetero) is 1. The first-order valence-corrected chi connectivity index (χ1v) is 8.76. The average Bonchev–Trinajstić information content (AvgIpc) is 3.07. The Bertz CT molecular complexity index is 1100. The van der Waals surface area contributed by atoms with Crippen LogP contribution < -0.4 is 4.74 Å². The molecule has 5 heteroatoms. The maximum atomic E-state index is 11.9. The van der Waals surface area contributed by atoms with E-state index in [9.17, 15) is 4.79 Å². The maximum absolute atomic E-state index is 11.9. The molecular formula is C22H19N3O2. The van der Waals surface area contributed by atoms with Crippen LogP contribution in [0.25, 0.3) is 16.8 Å². The molecule has 4 aromatic rings. The first kappa shape index (κ1) is 17.0. The molecule has 2 heterocycles. The summed E-state index contributed by atoms with van der Waals surface area (Å²) in [4.78, 5) is 16.4. The summed E-state index contributed by atoms with van der Waals surface area (Å²) in [5.74, 6) is 0.753. The van der Waals surface area contributed by atoms with E-state index < -0.39 is 0 Å². The molecule has 0 bridgehead atoms. The molecular weight excluding hydrogens is 338 g/mol. The first-order valence-electron chi connectivity index (χ1n) is 8.76. The second-order valence-electron chi connectivity index (χ2n) is 6.34. The van der Waals surface area contributed by atoms with Crippen LogP contribution in [0.5, 0.6) is 5.75 Å². The van der Waals surface area contributed by atoms with Crippen molar-refractivity contribution in [2.45, 2.75) is 20.5 Å². The van der Waals surface area contributed by atoms with Gasteiger partial charge in [-0.05, 0) is 31.5 Å². The van der Waals surface area contributed by atoms with Gasteiger partial charge in [0.1, 0.15) is 18.1 Å². The van der Waals surface area contributed by atoms with E-state index in [2.05, 4.69) is 4.98 Å². The summed E-state index contributed by atoms with van der Waals surface area (Å²) >= 11 is 0. The number of aromatic nitrogens is 3. The Hall–Kier alpha value is -3.47. The van der Waals surface area contributed by atoms with E-state index in [1.165, 1.54) is 6.92 Å². The van der Waals surface area contributed by atoms with Crippen LogP contribution in [-0.4, -0.2) is 20.4 Å². The predicted octanol–water partition coefficient (Wildman–Crippen LogP) is 4.49. The highest BCUT2D eigenvalue weighted by Gasteiger charge is 2.19. The van der Waals surface area contributed by atoms with Crippen LogP contribution in [0.3, 0.4) is 0 Å². The van der Waals surface area contributed by atoms with Crippen molar-refractivity contribution in [3.05, 3.63) is 83.8 Å². The van der Waals surface area contributed by atoms with Crippen molar-refractivity contribution in [1.82, 2.24) is 14.6 Å². The van der Waals surface area contributed by atoms with E-state index in [-0.39, 0.29) is 5.78 Å². The molecule has 27 heavy (non-hydrogen) atoms. The Morgan fingerprint density at radius 1 is 1.04 bits per heavy atom. The summed E-state index contributed by atoms with van der Waals surface area (Å²) in [5.41, 5.74) is 4.78. The fourth-order valence-corrected chi connectivity index (χ4v) is 3.15. The largest absolute Gasteiger partial charge is 0.487 e. The third kappa shape index (κ3) is 3.19. The molecule has 134 valence electrons. The lowest BCUT2D eigenvalue weighted by molar-refractivity contribution is 0.101. The van der Waals surface area contributed by atoms with Gasteiger partial charge in [-0.3, -0.25) is 4.79 Å². The number of hydrogen-bond acceptors (Lipinski definition) is 4. The topological polar surface area (TPSA) is 56.5 Å². The summed E-state index contributed by atoms with van der Waals surface area (Å²) < 4.78 is 7.67. The smallest absolute Gasteiger partial charge is 0.163 e. The first-order chi connectivity index (χ1) is 13.1. The molecule has 0 radical (unpaired) electrons. The number of benzene rings is 2. The summed E-state index contributed by atoms with van der Waals surface area (Å²) in [6.45, 7) is 3.73. The molecule has 0 unspecified atom stereocenters. The molecule has 2 aromatic heterocycles. The van der Waals surface area contributed by atoms with Crippen LogP contribution in [0.4, 0.5) is 0 Å². The van der Waals surface area contributed by atoms with E-state index in [0.717, 1.165) is 33.9 Å². The molecule has 0 fully saturated rings. The van der Waals surface area contributed by atoms with Crippen LogP contribution in [0.1, 0.15) is 28.7 Å². The van der Waals surface area contributed by atoms with E-state index in [4.69, 9.17) is 9.84 Å². The van der Waals surface area contributed by atoms with Gasteiger partial charge in [-0.25, -0.2) is 9.50 Å². The summed E-state index contributed by atoms with van der Waals surface area (Å²) in [5, 5.41) is 4.72. The molecule has 0 saturated heterocycles. The fraction of sp³-hybridized carbons (Fsp3) is 0.136. The minimum atomic E-state index is -0.0271. The Labute approximate surface area is 157 Å². The van der Waals surface area contributed by atoms with E-state index in [1.54, 1.807) is 10.7 Å². The molecule has 0 spiro atoms. The zero-order valence-electron chi connectivity index (χ0n) is 15.2. The Morgan fingerprint density at radius 2 is 1.70 bits per heavy atom. The van der Waals surface area contributed by atoms with Crippen LogP contribution in [0, 0.1) is 6.92 Å². The van der Waals surface area contributed by atoms with Crippen LogP contribution in [0.2, 0.25) is 0 Å². The summed E-state index contributed by atoms with van der Waals surface area (Å²) in [7, 11) is 0. The van der Waals surface area contributed by atoms with Crippen LogP contribution in [0.15, 0.2) is 66.9 Å². The molecule has 0 aliphatic carbocycles. The van der Waals surface area contributed by atoms with Crippen molar-refractivity contribution >= 4 is 11.4 Å². The SMILES string of the molecule is CC(=O)c1cnc2c(-c3ccccc3)c(COc3ccccc3)nn2c1C. The van der Waals surface area contributed by atoms with E-state index in [0.29, 0.717) is 12.2 Å². The number of carbonyl (C=O) groups is 1. The molecule has 0 aliphatic heterocycles. The molecule has 0 atom stereocenters. The van der Waals surface area contributed by atoms with Gasteiger partial charge >= 0.3 is 0 Å². The van der Waals surface area contributed by atoms with Gasteiger partial charge in [-0.1, -0.05) is 48.5 Å². The highest BCUT2D eigenvalue weighted by molar-refractivity contribution is 5.95. The molecule has 4 rings (SSSR count). The van der Waals surface area contributed by atoms with Gasteiger partial charge in [0.05, 0.1) is 16.8 Å². The molecule has 0 saturated carbocycles. The Balaban J connectivity index is 1.85. The number of fused-ring (bicyclic) bond motifs is 1. The normalized spacial score (nSPS) is 10.9. The Kier molecular flexibility index (Phi) is 4.42. The third-order valence-electron chi connectivity index (χ3n) is 4.52. The summed E-state index contributed by atoms with van der Waals surface area (Å²) in [6.07, 6.45) is 1.63. The van der Waals surface area contributed by atoms with Crippen molar-refractivity contribution in [2.75, 3.05) is 0 Å². The number of hydrogen-bond donors (Lipinski definition) is 0. The van der Waals surface area contributed by atoms with Gasteiger partial charge in [0, 0.05) is 6.20 Å². The molecule has 0 N–H and O–H groups in total. The summed E-state index contributed by atoms with van der Waals surface area (Å²) in [6, 6.07) is 19.6. The van der Waals surface area contributed by atoms with Crippen molar-refractivity contribution in [3.8, 4) is 16.9 Å². The lowest BCUT2D eigenvalue weighted by Gasteiger charge is -2.06. The van der Waals surface area contributed by atoms with Gasteiger partial charge in [-0.2, -0.15) is 5.10 Å². The van der Waals surface area contributed by atoms with Gasteiger partial charge < -0.3 is 4.74 Å². The highest BCUT2D eigenvalue weighted by Crippen LogP contribution is 2.29. The van der Waals surface area contributed by atoms with Gasteiger partial charge in [0.15, 0.2) is 11.4 Å². The second-order valence-corrected chi connectivity index (χ2v) is 6.34. The zero-order valence-corrected chi connectivity index (χ0v) is 15.2. The van der Waals surface area contributed by atoms with Crippen molar-refractivity contribution < 1.29 is 9.53 Å². The minimum Gasteiger partial charge on any atom is -0.487 e. The standard InChI is InChI=1S/C22H19N3O2/c1-15-19(16(2)26)13-23-22-21(17-9-5-3-6-10-17)20(24-25(15)22)14-27-18-11-7-4-8-12-18/h3-13H,14H2,1-2H3. The zero-order chi connectivity index (χ0) is 18.8. The molecule has 0 aliphatic rings. The fourth-order valence-electron chi connectivity index (χ4n) is 3.15. The Morgan fingerprint density at radius 3 is 2.37 bits per heavy atom. The number of para-hydroxylation sites is 1. The maximum Gasteiger partial charge on any atom is 0.163 e. The third-order valence-corrected chi connectivity index (χ3v) is 4.52. The number of ether oxygens (including phenoxy) is 1. The predicted molar refractivity (Wildman–Crippen MR) is 104 cm³/mol. The van der Waals surface area contributed by atoms with E-state index >= 15 is 0 Å². The lowest BCUT2D eigenvalue weighted by Crippen LogP contribution is -2.05. The second kappa shape index (κ2) is 7.03. The van der Waals surface area contributed by atoms with Crippen molar-refractivity contribution in [1.29, 1.82) is 0 Å². The average molecular weight is 357 g/mol. The minimum absolute atomic E-state index is 0.0271. The van der Waals surface area contributed by atoms with Gasteiger partial charge in [0.2, 0.25) is 0 Å². The number of nitrogens with zero attached hydrogens (tertiary/aromatic N) is 3. The quantitative estimate of drug-likeness (QED) is 0.494. The monoisotopic (exact) mass is 357 g/mol. The number of aryl methyl sites for hydroxylation is 1. The van der Waals surface area contributed by atoms with Gasteiger partial charge in [-0.15, -0.1) is 0 Å². The van der Waals surface area contributed by atoms with Crippen LogP contribution >= 0.6 is 0 Å². The number of carbonyl (C=O) groups excluding carboxylic acids is 1.